The quantitative estimate of drug-likeness (QED) is 0.877. The standard InChI is InChI=1S/C13H17FN4O2/c1-2-3-10-12(19)15-6-7-18(10)13(20)17-11-5-4-9(14)8-16-11/h4-5,8,10H,2-3,6-7H2,1H3,(H,15,19)(H,16,17,20)/t10-/m0/s1. The molecule has 0 spiro atoms. The Kier molecular flexibility index (Phi) is 4.49. The Hall–Kier alpha value is -2.18. The van der Waals surface area contributed by atoms with Crippen LogP contribution in [0.25, 0.3) is 0 Å². The lowest BCUT2D eigenvalue weighted by Crippen LogP contribution is -2.58. The van der Waals surface area contributed by atoms with E-state index in [1.165, 1.54) is 17.0 Å². The third-order valence-corrected chi connectivity index (χ3v) is 3.12. The van der Waals surface area contributed by atoms with Crippen LogP contribution in [0.5, 0.6) is 0 Å². The van der Waals surface area contributed by atoms with Crippen LogP contribution in [0.15, 0.2) is 18.3 Å². The predicted octanol–water partition coefficient (Wildman–Crippen LogP) is 1.35. The smallest absolute Gasteiger partial charge is 0.323 e. The Morgan fingerprint density at radius 3 is 3.05 bits per heavy atom. The summed E-state index contributed by atoms with van der Waals surface area (Å²) in [6.07, 6.45) is 2.44. The van der Waals surface area contributed by atoms with E-state index in [0.717, 1.165) is 12.6 Å². The van der Waals surface area contributed by atoms with Gasteiger partial charge in [-0.1, -0.05) is 13.3 Å². The van der Waals surface area contributed by atoms with E-state index >= 15 is 0 Å². The number of amides is 3. The number of halogens is 1. The van der Waals surface area contributed by atoms with Crippen LogP contribution < -0.4 is 10.6 Å². The normalized spacial score (nSPS) is 18.6. The average molecular weight is 280 g/mol. The van der Waals surface area contributed by atoms with Crippen molar-refractivity contribution in [1.29, 1.82) is 0 Å². The molecule has 2 rings (SSSR count). The predicted molar refractivity (Wildman–Crippen MR) is 71.6 cm³/mol. The summed E-state index contributed by atoms with van der Waals surface area (Å²) < 4.78 is 12.8. The number of urea groups is 1. The molecule has 0 bridgehead atoms. The molecule has 1 fully saturated rings. The highest BCUT2D eigenvalue weighted by molar-refractivity contribution is 5.93. The molecule has 2 heterocycles. The van der Waals surface area contributed by atoms with Crippen molar-refractivity contribution in [1.82, 2.24) is 15.2 Å². The second kappa shape index (κ2) is 6.31. The van der Waals surface area contributed by atoms with Crippen LogP contribution >= 0.6 is 0 Å². The second-order valence-electron chi connectivity index (χ2n) is 4.58. The number of carbonyl (C=O) groups is 2. The van der Waals surface area contributed by atoms with E-state index in [4.69, 9.17) is 0 Å². The van der Waals surface area contributed by atoms with Gasteiger partial charge in [0.25, 0.3) is 0 Å². The molecule has 1 aromatic heterocycles. The second-order valence-corrected chi connectivity index (χ2v) is 4.58. The Labute approximate surface area is 116 Å². The summed E-state index contributed by atoms with van der Waals surface area (Å²) >= 11 is 0. The van der Waals surface area contributed by atoms with Gasteiger partial charge in [0.15, 0.2) is 0 Å². The molecule has 0 radical (unpaired) electrons. The van der Waals surface area contributed by atoms with Crippen molar-refractivity contribution < 1.29 is 14.0 Å². The van der Waals surface area contributed by atoms with E-state index in [-0.39, 0.29) is 11.7 Å². The van der Waals surface area contributed by atoms with Gasteiger partial charge in [-0.2, -0.15) is 0 Å². The first kappa shape index (κ1) is 14.2. The fourth-order valence-corrected chi connectivity index (χ4v) is 2.15. The van der Waals surface area contributed by atoms with Crippen molar-refractivity contribution in [3.8, 4) is 0 Å². The lowest BCUT2D eigenvalue weighted by atomic mass is 10.1. The molecule has 0 unspecified atom stereocenters. The highest BCUT2D eigenvalue weighted by atomic mass is 19.1. The molecule has 6 nitrogen and oxygen atoms in total. The SMILES string of the molecule is CCC[C@H]1C(=O)NCCN1C(=O)Nc1ccc(F)cn1. The van der Waals surface area contributed by atoms with E-state index in [2.05, 4.69) is 15.6 Å². The van der Waals surface area contributed by atoms with Crippen molar-refractivity contribution in [2.24, 2.45) is 0 Å². The fraction of sp³-hybridized carbons (Fsp3) is 0.462. The van der Waals surface area contributed by atoms with E-state index in [1.54, 1.807) is 0 Å². The molecule has 1 aromatic rings. The van der Waals surface area contributed by atoms with E-state index in [9.17, 15) is 14.0 Å². The molecule has 108 valence electrons. The molecule has 1 atom stereocenters. The Bertz CT molecular complexity index is 492. The van der Waals surface area contributed by atoms with Gasteiger partial charge in [0.2, 0.25) is 5.91 Å². The lowest BCUT2D eigenvalue weighted by molar-refractivity contribution is -0.127. The first-order valence-electron chi connectivity index (χ1n) is 6.58. The molecule has 1 aliphatic heterocycles. The first-order valence-corrected chi connectivity index (χ1v) is 6.58. The highest BCUT2D eigenvalue weighted by Gasteiger charge is 2.32. The summed E-state index contributed by atoms with van der Waals surface area (Å²) in [4.78, 5) is 29.2. The van der Waals surface area contributed by atoms with Gasteiger partial charge in [-0.15, -0.1) is 0 Å². The molecule has 3 amide bonds. The van der Waals surface area contributed by atoms with E-state index in [0.29, 0.717) is 19.5 Å². The third kappa shape index (κ3) is 3.23. The molecule has 0 aliphatic carbocycles. The third-order valence-electron chi connectivity index (χ3n) is 3.12. The number of rotatable bonds is 3. The monoisotopic (exact) mass is 280 g/mol. The van der Waals surface area contributed by atoms with Crippen molar-refractivity contribution in [2.75, 3.05) is 18.4 Å². The van der Waals surface area contributed by atoms with Crippen LogP contribution in [-0.4, -0.2) is 41.0 Å². The van der Waals surface area contributed by atoms with Crippen LogP contribution in [0.3, 0.4) is 0 Å². The average Bonchev–Trinajstić information content (AvgIpc) is 2.43. The van der Waals surface area contributed by atoms with Crippen molar-refractivity contribution >= 4 is 17.8 Å². The molecule has 2 N–H and O–H groups in total. The number of pyridine rings is 1. The molecule has 7 heteroatoms. The Morgan fingerprint density at radius 2 is 2.40 bits per heavy atom. The van der Waals surface area contributed by atoms with Gasteiger partial charge in [-0.3, -0.25) is 10.1 Å². The largest absolute Gasteiger partial charge is 0.353 e. The zero-order valence-corrected chi connectivity index (χ0v) is 11.2. The zero-order valence-electron chi connectivity index (χ0n) is 11.2. The van der Waals surface area contributed by atoms with Gasteiger partial charge in [0.05, 0.1) is 6.20 Å². The van der Waals surface area contributed by atoms with Gasteiger partial charge in [0.1, 0.15) is 17.7 Å². The van der Waals surface area contributed by atoms with Crippen LogP contribution in [-0.2, 0) is 4.79 Å². The maximum absolute atomic E-state index is 12.8. The molecular formula is C13H17FN4O2. The summed E-state index contributed by atoms with van der Waals surface area (Å²) in [7, 11) is 0. The molecule has 1 aliphatic rings. The minimum atomic E-state index is -0.468. The van der Waals surface area contributed by atoms with Gasteiger partial charge < -0.3 is 10.2 Å². The summed E-state index contributed by atoms with van der Waals surface area (Å²) in [5.41, 5.74) is 0. The van der Waals surface area contributed by atoms with E-state index in [1.807, 2.05) is 6.92 Å². The van der Waals surface area contributed by atoms with Gasteiger partial charge in [0, 0.05) is 13.1 Å². The number of nitrogens with zero attached hydrogens (tertiary/aromatic N) is 2. The van der Waals surface area contributed by atoms with Crippen molar-refractivity contribution in [2.45, 2.75) is 25.8 Å². The van der Waals surface area contributed by atoms with Gasteiger partial charge in [-0.25, -0.2) is 14.2 Å². The number of anilines is 1. The van der Waals surface area contributed by atoms with Crippen LogP contribution in [0, 0.1) is 5.82 Å². The highest BCUT2D eigenvalue weighted by Crippen LogP contribution is 2.13. The van der Waals surface area contributed by atoms with Gasteiger partial charge >= 0.3 is 6.03 Å². The minimum absolute atomic E-state index is 0.139. The maximum atomic E-state index is 12.8. The van der Waals surface area contributed by atoms with E-state index < -0.39 is 17.9 Å². The van der Waals surface area contributed by atoms with Crippen LogP contribution in [0.4, 0.5) is 15.0 Å². The topological polar surface area (TPSA) is 74.3 Å². The molecule has 20 heavy (non-hydrogen) atoms. The summed E-state index contributed by atoms with van der Waals surface area (Å²) in [5, 5.41) is 5.32. The van der Waals surface area contributed by atoms with Crippen molar-refractivity contribution in [3.05, 3.63) is 24.1 Å². The van der Waals surface area contributed by atoms with Gasteiger partial charge in [-0.05, 0) is 18.6 Å². The number of piperazine rings is 1. The van der Waals surface area contributed by atoms with Crippen LogP contribution in [0.1, 0.15) is 19.8 Å². The molecule has 0 saturated carbocycles. The maximum Gasteiger partial charge on any atom is 0.323 e. The summed E-state index contributed by atoms with van der Waals surface area (Å²) in [6.45, 7) is 2.84. The molecule has 0 aromatic carbocycles. The zero-order chi connectivity index (χ0) is 14.5. The number of hydrogen-bond donors (Lipinski definition) is 2. The fourth-order valence-electron chi connectivity index (χ4n) is 2.15. The Balaban J connectivity index is 2.06. The minimum Gasteiger partial charge on any atom is -0.353 e. The number of carbonyl (C=O) groups excluding carboxylic acids is 2. The number of nitrogens with one attached hydrogen (secondary N) is 2. The number of aromatic nitrogens is 1. The first-order chi connectivity index (χ1) is 9.61. The lowest BCUT2D eigenvalue weighted by Gasteiger charge is -2.34. The van der Waals surface area contributed by atoms with Crippen LogP contribution in [0.2, 0.25) is 0 Å². The Morgan fingerprint density at radius 1 is 1.60 bits per heavy atom. The van der Waals surface area contributed by atoms with Crippen molar-refractivity contribution in [3.63, 3.8) is 0 Å². The summed E-state index contributed by atoms with van der Waals surface area (Å²) in [5.74, 6) is -0.345. The molecule has 1 saturated heterocycles. The summed E-state index contributed by atoms with van der Waals surface area (Å²) in [6, 6.07) is 1.74. The number of hydrogen-bond acceptors (Lipinski definition) is 3. The molecular weight excluding hydrogens is 263 g/mol.